The Hall–Kier alpha value is -1.63. The van der Waals surface area contributed by atoms with Crippen molar-refractivity contribution in [2.45, 2.75) is 19.4 Å². The Morgan fingerprint density at radius 2 is 2.50 bits per heavy atom. The molecule has 2 rings (SSSR count). The molecular weight excluding hydrogens is 212 g/mol. The van der Waals surface area contributed by atoms with Gasteiger partial charge in [0.15, 0.2) is 0 Å². The maximum Gasteiger partial charge on any atom is 0.336 e. The summed E-state index contributed by atoms with van der Waals surface area (Å²) in [5.74, 6) is 0.0563. The predicted molar refractivity (Wildman–Crippen MR) is 55.1 cm³/mol. The van der Waals surface area contributed by atoms with Gasteiger partial charge in [0, 0.05) is 6.61 Å². The Balaban J connectivity index is 1.96. The molecule has 2 heterocycles. The van der Waals surface area contributed by atoms with Gasteiger partial charge in [-0.2, -0.15) is 4.98 Å². The number of rotatable bonds is 3. The lowest BCUT2D eigenvalue weighted by Crippen LogP contribution is -2.28. The summed E-state index contributed by atoms with van der Waals surface area (Å²) in [6.45, 7) is 2.51. The molecule has 1 saturated heterocycles. The van der Waals surface area contributed by atoms with Crippen LogP contribution in [0.4, 0.5) is 5.95 Å². The van der Waals surface area contributed by atoms with E-state index in [0.29, 0.717) is 12.6 Å². The fourth-order valence-corrected chi connectivity index (χ4v) is 1.68. The van der Waals surface area contributed by atoms with E-state index < -0.39 is 0 Å². The number of ether oxygens (including phenoxy) is 2. The number of hydrogen-bond acceptors (Lipinski definition) is 5. The van der Waals surface area contributed by atoms with Crippen LogP contribution < -0.4 is 10.1 Å². The molecule has 1 aromatic heterocycles. The summed E-state index contributed by atoms with van der Waals surface area (Å²) in [7, 11) is 1.46. The van der Waals surface area contributed by atoms with E-state index in [1.807, 2.05) is 6.92 Å². The summed E-state index contributed by atoms with van der Waals surface area (Å²) in [5.41, 5.74) is 0. The molecule has 0 saturated carbocycles. The minimum Gasteiger partial charge on any atom is -0.466 e. The number of amides is 1. The molecule has 1 fully saturated rings. The molecule has 16 heavy (non-hydrogen) atoms. The predicted octanol–water partition coefficient (Wildman–Crippen LogP) is 0.177. The van der Waals surface area contributed by atoms with Gasteiger partial charge in [0.2, 0.25) is 11.9 Å². The highest BCUT2D eigenvalue weighted by molar-refractivity contribution is 5.91. The van der Waals surface area contributed by atoms with Gasteiger partial charge in [0.05, 0.1) is 19.1 Å². The van der Waals surface area contributed by atoms with Gasteiger partial charge in [-0.25, -0.2) is 5.10 Å². The molecule has 0 aromatic carbocycles. The monoisotopic (exact) mass is 226 g/mol. The molecule has 1 aliphatic rings. The molecule has 0 radical (unpaired) electrons. The van der Waals surface area contributed by atoms with Crippen LogP contribution in [0, 0.1) is 5.92 Å². The van der Waals surface area contributed by atoms with Gasteiger partial charge in [-0.15, -0.1) is 5.10 Å². The summed E-state index contributed by atoms with van der Waals surface area (Å²) in [6, 6.07) is 0.200. The zero-order valence-electron chi connectivity index (χ0n) is 9.19. The quantitative estimate of drug-likeness (QED) is 0.767. The van der Waals surface area contributed by atoms with Crippen LogP contribution in [0.2, 0.25) is 0 Å². The lowest BCUT2D eigenvalue weighted by atomic mass is 10.0. The average molecular weight is 226 g/mol. The molecule has 2 unspecified atom stereocenters. The van der Waals surface area contributed by atoms with Crippen LogP contribution >= 0.6 is 0 Å². The summed E-state index contributed by atoms with van der Waals surface area (Å²) in [6.07, 6.45) is 0.683. The van der Waals surface area contributed by atoms with Gasteiger partial charge in [0.1, 0.15) is 0 Å². The Kier molecular flexibility index (Phi) is 3.04. The zero-order chi connectivity index (χ0) is 11.5. The average Bonchev–Trinajstić information content (AvgIpc) is 2.86. The first-order valence-corrected chi connectivity index (χ1v) is 5.09. The van der Waals surface area contributed by atoms with E-state index in [4.69, 9.17) is 9.47 Å². The summed E-state index contributed by atoms with van der Waals surface area (Å²) in [4.78, 5) is 15.7. The highest BCUT2D eigenvalue weighted by Gasteiger charge is 2.31. The largest absolute Gasteiger partial charge is 0.466 e. The van der Waals surface area contributed by atoms with Gasteiger partial charge in [-0.1, -0.05) is 0 Å². The number of aromatic amines is 1. The Morgan fingerprint density at radius 3 is 3.06 bits per heavy atom. The van der Waals surface area contributed by atoms with Gasteiger partial charge < -0.3 is 9.47 Å². The first kappa shape index (κ1) is 10.9. The maximum absolute atomic E-state index is 11.8. The van der Waals surface area contributed by atoms with Crippen molar-refractivity contribution in [3.05, 3.63) is 0 Å². The topological polar surface area (TPSA) is 89.1 Å². The second-order valence-corrected chi connectivity index (χ2v) is 3.63. The van der Waals surface area contributed by atoms with E-state index in [1.54, 1.807) is 0 Å². The molecule has 2 atom stereocenters. The third-order valence-corrected chi connectivity index (χ3v) is 2.60. The van der Waals surface area contributed by atoms with Crippen LogP contribution in [0.15, 0.2) is 0 Å². The number of H-pyrrole nitrogens is 1. The minimum absolute atomic E-state index is 0.0511. The van der Waals surface area contributed by atoms with Crippen molar-refractivity contribution in [2.75, 3.05) is 19.0 Å². The number of carbonyl (C=O) groups excluding carboxylic acids is 1. The molecule has 7 heteroatoms. The Morgan fingerprint density at radius 1 is 1.69 bits per heavy atom. The highest BCUT2D eigenvalue weighted by atomic mass is 16.5. The van der Waals surface area contributed by atoms with E-state index in [0.717, 1.165) is 6.42 Å². The Labute approximate surface area is 92.5 Å². The van der Waals surface area contributed by atoms with Crippen LogP contribution in [0.25, 0.3) is 0 Å². The fourth-order valence-electron chi connectivity index (χ4n) is 1.68. The van der Waals surface area contributed by atoms with Crippen molar-refractivity contribution >= 4 is 11.9 Å². The van der Waals surface area contributed by atoms with E-state index in [-0.39, 0.29) is 23.9 Å². The number of aromatic nitrogens is 3. The maximum atomic E-state index is 11.8. The molecule has 0 bridgehead atoms. The molecule has 1 amide bonds. The first-order chi connectivity index (χ1) is 7.70. The molecule has 1 aromatic rings. The van der Waals surface area contributed by atoms with Gasteiger partial charge in [-0.05, 0) is 13.3 Å². The highest BCUT2D eigenvalue weighted by Crippen LogP contribution is 2.21. The Bertz CT molecular complexity index is 379. The van der Waals surface area contributed by atoms with Crippen LogP contribution in [0.5, 0.6) is 6.01 Å². The van der Waals surface area contributed by atoms with E-state index in [1.165, 1.54) is 7.11 Å². The van der Waals surface area contributed by atoms with Crippen molar-refractivity contribution in [3.63, 3.8) is 0 Å². The number of anilines is 1. The molecule has 88 valence electrons. The number of carbonyl (C=O) groups is 1. The van der Waals surface area contributed by atoms with Crippen molar-refractivity contribution in [1.29, 1.82) is 0 Å². The van der Waals surface area contributed by atoms with Crippen LogP contribution in [0.1, 0.15) is 13.3 Å². The van der Waals surface area contributed by atoms with Gasteiger partial charge in [-0.3, -0.25) is 10.1 Å². The normalized spacial score (nSPS) is 24.4. The van der Waals surface area contributed by atoms with Crippen molar-refractivity contribution < 1.29 is 14.3 Å². The number of methoxy groups -OCH3 is 1. The van der Waals surface area contributed by atoms with Crippen LogP contribution in [-0.2, 0) is 9.53 Å². The fraction of sp³-hybridized carbons (Fsp3) is 0.667. The van der Waals surface area contributed by atoms with Crippen LogP contribution in [-0.4, -0.2) is 40.9 Å². The van der Waals surface area contributed by atoms with Gasteiger partial charge in [0.25, 0.3) is 0 Å². The summed E-state index contributed by atoms with van der Waals surface area (Å²) < 4.78 is 10.1. The van der Waals surface area contributed by atoms with Crippen LogP contribution in [0.3, 0.4) is 0 Å². The zero-order valence-corrected chi connectivity index (χ0v) is 9.19. The molecular formula is C9H14N4O3. The SMILES string of the molecule is COc1n[nH]c(NC(=O)C2CCOC2C)n1. The summed E-state index contributed by atoms with van der Waals surface area (Å²) >= 11 is 0. The third kappa shape index (κ3) is 2.13. The summed E-state index contributed by atoms with van der Waals surface area (Å²) in [5, 5.41) is 8.94. The van der Waals surface area contributed by atoms with Crippen molar-refractivity contribution in [2.24, 2.45) is 5.92 Å². The second-order valence-electron chi connectivity index (χ2n) is 3.63. The standard InChI is InChI=1S/C9H14N4O3/c1-5-6(3-4-16-5)7(14)10-8-11-9(15-2)13-12-8/h5-6H,3-4H2,1-2H3,(H2,10,11,12,13,14). The van der Waals surface area contributed by atoms with E-state index in [2.05, 4.69) is 20.5 Å². The third-order valence-electron chi connectivity index (χ3n) is 2.60. The lowest BCUT2D eigenvalue weighted by molar-refractivity contribution is -0.121. The number of nitrogens with zero attached hydrogens (tertiary/aromatic N) is 2. The number of hydrogen-bond donors (Lipinski definition) is 2. The molecule has 0 aliphatic carbocycles. The smallest absolute Gasteiger partial charge is 0.336 e. The van der Waals surface area contributed by atoms with Gasteiger partial charge >= 0.3 is 6.01 Å². The first-order valence-electron chi connectivity index (χ1n) is 5.09. The lowest BCUT2D eigenvalue weighted by Gasteiger charge is -2.11. The van der Waals surface area contributed by atoms with E-state index >= 15 is 0 Å². The number of nitrogens with one attached hydrogen (secondary N) is 2. The van der Waals surface area contributed by atoms with E-state index in [9.17, 15) is 4.79 Å². The minimum atomic E-state index is -0.129. The van der Waals surface area contributed by atoms with Crippen molar-refractivity contribution in [1.82, 2.24) is 15.2 Å². The molecule has 2 N–H and O–H groups in total. The molecule has 7 nitrogen and oxygen atoms in total. The molecule has 1 aliphatic heterocycles. The molecule has 0 spiro atoms. The van der Waals surface area contributed by atoms with Crippen molar-refractivity contribution in [3.8, 4) is 6.01 Å². The second kappa shape index (κ2) is 4.48.